The maximum absolute atomic E-state index is 11.8. The van der Waals surface area contributed by atoms with Gasteiger partial charge in [-0.15, -0.1) is 0 Å². The van der Waals surface area contributed by atoms with Gasteiger partial charge >= 0.3 is 0 Å². The third-order valence-corrected chi connectivity index (χ3v) is 3.63. The number of rotatable bonds is 5. The number of ketones is 2. The Morgan fingerprint density at radius 2 is 1.71 bits per heavy atom. The third kappa shape index (κ3) is 3.05. The van der Waals surface area contributed by atoms with E-state index in [0.29, 0.717) is 24.2 Å². The lowest BCUT2D eigenvalue weighted by Gasteiger charge is -2.18. The van der Waals surface area contributed by atoms with Gasteiger partial charge in [0.2, 0.25) is 11.6 Å². The lowest BCUT2D eigenvalue weighted by atomic mass is 9.91. The Morgan fingerprint density at radius 1 is 1.00 bits per heavy atom. The number of benzene rings is 1. The maximum Gasteiger partial charge on any atom is 0.229 e. The van der Waals surface area contributed by atoms with Crippen molar-refractivity contribution in [1.82, 2.24) is 0 Å². The molecule has 21 heavy (non-hydrogen) atoms. The zero-order chi connectivity index (χ0) is 15.4. The van der Waals surface area contributed by atoms with Crippen LogP contribution in [0.15, 0.2) is 47.2 Å². The molecule has 4 nitrogen and oxygen atoms in total. The van der Waals surface area contributed by atoms with E-state index in [1.807, 2.05) is 24.3 Å². The van der Waals surface area contributed by atoms with Gasteiger partial charge in [0, 0.05) is 17.2 Å². The largest absolute Gasteiger partial charge is 0.496 e. The second-order valence-electron chi connectivity index (χ2n) is 4.82. The summed E-state index contributed by atoms with van der Waals surface area (Å²) >= 11 is 0. The Balaban J connectivity index is 2.24. The fourth-order valence-electron chi connectivity index (χ4n) is 2.44. The van der Waals surface area contributed by atoms with Gasteiger partial charge in [-0.3, -0.25) is 9.59 Å². The number of Topliss-reactive ketones (excluding diaryl/α,β-unsaturated/α-hetero) is 1. The summed E-state index contributed by atoms with van der Waals surface area (Å²) < 4.78 is 10.6. The van der Waals surface area contributed by atoms with Crippen LogP contribution in [0.25, 0.3) is 0 Å². The summed E-state index contributed by atoms with van der Waals surface area (Å²) in [5.74, 6) is 0.320. The van der Waals surface area contributed by atoms with Crippen LogP contribution in [0.5, 0.6) is 5.75 Å². The van der Waals surface area contributed by atoms with Crippen LogP contribution >= 0.6 is 0 Å². The lowest BCUT2D eigenvalue weighted by Crippen LogP contribution is -2.20. The van der Waals surface area contributed by atoms with Crippen molar-refractivity contribution in [2.75, 3.05) is 14.2 Å². The Morgan fingerprint density at radius 3 is 2.38 bits per heavy atom. The highest BCUT2D eigenvalue weighted by atomic mass is 16.5. The van der Waals surface area contributed by atoms with Crippen molar-refractivity contribution in [2.24, 2.45) is 0 Å². The van der Waals surface area contributed by atoms with Gasteiger partial charge < -0.3 is 9.47 Å². The van der Waals surface area contributed by atoms with Crippen molar-refractivity contribution >= 4 is 11.6 Å². The Kier molecular flexibility index (Phi) is 4.58. The summed E-state index contributed by atoms with van der Waals surface area (Å²) in [6, 6.07) is 7.75. The second-order valence-corrected chi connectivity index (χ2v) is 4.82. The van der Waals surface area contributed by atoms with E-state index in [1.165, 1.54) is 13.2 Å². The molecule has 2 rings (SSSR count). The molecule has 0 aromatic heterocycles. The van der Waals surface area contributed by atoms with Gasteiger partial charge in [0.25, 0.3) is 0 Å². The monoisotopic (exact) mass is 286 g/mol. The number of methoxy groups -OCH3 is 2. The number of allylic oxidation sites excluding steroid dienone is 3. The molecule has 1 aliphatic rings. The van der Waals surface area contributed by atoms with Gasteiger partial charge in [0.1, 0.15) is 11.5 Å². The number of aryl methyl sites for hydroxylation is 1. The minimum atomic E-state index is -0.523. The van der Waals surface area contributed by atoms with Crippen molar-refractivity contribution < 1.29 is 19.1 Å². The van der Waals surface area contributed by atoms with Crippen LogP contribution in [0.2, 0.25) is 0 Å². The fourth-order valence-corrected chi connectivity index (χ4v) is 2.44. The predicted molar refractivity (Wildman–Crippen MR) is 79.1 cm³/mol. The zero-order valence-corrected chi connectivity index (χ0v) is 12.4. The maximum atomic E-state index is 11.8. The number of hydrogen-bond donors (Lipinski definition) is 0. The summed E-state index contributed by atoms with van der Waals surface area (Å²) in [5, 5.41) is 0. The molecule has 1 aliphatic carbocycles. The molecule has 0 N–H and O–H groups in total. The molecule has 0 amide bonds. The van der Waals surface area contributed by atoms with Crippen molar-refractivity contribution in [3.05, 3.63) is 52.8 Å². The molecular formula is C17H18O4. The van der Waals surface area contributed by atoms with Crippen molar-refractivity contribution in [3.63, 3.8) is 0 Å². The molecule has 110 valence electrons. The second kappa shape index (κ2) is 6.39. The Bertz CT molecular complexity index is 638. The molecule has 0 unspecified atom stereocenters. The summed E-state index contributed by atoms with van der Waals surface area (Å²) in [6.07, 6.45) is 2.59. The molecule has 0 heterocycles. The standard InChI is InChI=1S/C17H18O4/c1-11-13(16(21-3)10-14(18)17(11)19)9-8-12-6-4-5-7-15(12)20-2/h4-7,10H,8-9H2,1-3H3. The molecule has 0 saturated heterocycles. The molecular weight excluding hydrogens is 268 g/mol. The number of hydrogen-bond acceptors (Lipinski definition) is 4. The topological polar surface area (TPSA) is 52.6 Å². The van der Waals surface area contributed by atoms with Crippen molar-refractivity contribution in [2.45, 2.75) is 19.8 Å². The first-order valence-electron chi connectivity index (χ1n) is 6.74. The zero-order valence-electron chi connectivity index (χ0n) is 12.4. The van der Waals surface area contributed by atoms with E-state index in [4.69, 9.17) is 9.47 Å². The van der Waals surface area contributed by atoms with Gasteiger partial charge in [-0.1, -0.05) is 18.2 Å². The summed E-state index contributed by atoms with van der Waals surface area (Å²) in [7, 11) is 3.14. The molecule has 4 heteroatoms. The average Bonchev–Trinajstić information content (AvgIpc) is 2.51. The average molecular weight is 286 g/mol. The summed E-state index contributed by atoms with van der Waals surface area (Å²) in [6.45, 7) is 1.67. The van der Waals surface area contributed by atoms with Gasteiger partial charge in [-0.25, -0.2) is 0 Å². The first kappa shape index (κ1) is 15.0. The minimum Gasteiger partial charge on any atom is -0.496 e. The number of ether oxygens (including phenoxy) is 2. The van der Waals surface area contributed by atoms with Crippen molar-refractivity contribution in [1.29, 1.82) is 0 Å². The molecule has 0 fully saturated rings. The van der Waals surface area contributed by atoms with Crippen LogP contribution in [-0.4, -0.2) is 25.8 Å². The number of carbonyl (C=O) groups excluding carboxylic acids is 2. The van der Waals surface area contributed by atoms with Crippen LogP contribution in [-0.2, 0) is 20.7 Å². The molecule has 0 bridgehead atoms. The SMILES string of the molecule is COC1=CC(=O)C(=O)C(C)=C1CCc1ccccc1OC. The lowest BCUT2D eigenvalue weighted by molar-refractivity contribution is -0.131. The van der Waals surface area contributed by atoms with Crippen LogP contribution < -0.4 is 4.74 Å². The molecule has 0 aliphatic heterocycles. The van der Waals surface area contributed by atoms with Crippen LogP contribution in [0.1, 0.15) is 18.9 Å². The fraction of sp³-hybridized carbons (Fsp3) is 0.294. The first-order valence-corrected chi connectivity index (χ1v) is 6.74. The molecule has 0 saturated carbocycles. The van der Waals surface area contributed by atoms with Gasteiger partial charge in [-0.2, -0.15) is 0 Å². The highest BCUT2D eigenvalue weighted by Crippen LogP contribution is 2.28. The van der Waals surface area contributed by atoms with Crippen molar-refractivity contribution in [3.8, 4) is 5.75 Å². The smallest absolute Gasteiger partial charge is 0.229 e. The van der Waals surface area contributed by atoms with E-state index < -0.39 is 11.6 Å². The van der Waals surface area contributed by atoms with E-state index in [2.05, 4.69) is 0 Å². The van der Waals surface area contributed by atoms with Gasteiger partial charge in [0.05, 0.1) is 14.2 Å². The van der Waals surface area contributed by atoms with Crippen LogP contribution in [0.3, 0.4) is 0 Å². The highest BCUT2D eigenvalue weighted by molar-refractivity contribution is 6.48. The van der Waals surface area contributed by atoms with E-state index in [1.54, 1.807) is 14.0 Å². The normalized spacial score (nSPS) is 15.1. The first-order chi connectivity index (χ1) is 10.1. The van der Waals surface area contributed by atoms with E-state index in [-0.39, 0.29) is 0 Å². The van der Waals surface area contributed by atoms with E-state index in [9.17, 15) is 9.59 Å². The predicted octanol–water partition coefficient (Wildman–Crippen LogP) is 2.63. The summed E-state index contributed by atoms with van der Waals surface area (Å²) in [5.41, 5.74) is 2.31. The van der Waals surface area contributed by atoms with E-state index >= 15 is 0 Å². The van der Waals surface area contributed by atoms with Crippen LogP contribution in [0.4, 0.5) is 0 Å². The molecule has 0 radical (unpaired) electrons. The minimum absolute atomic E-state index is 0.453. The Labute approximate surface area is 124 Å². The molecule has 0 atom stereocenters. The molecule has 1 aromatic carbocycles. The molecule has 0 spiro atoms. The van der Waals surface area contributed by atoms with E-state index in [0.717, 1.165) is 16.9 Å². The van der Waals surface area contributed by atoms with Crippen LogP contribution in [0, 0.1) is 0 Å². The summed E-state index contributed by atoms with van der Waals surface area (Å²) in [4.78, 5) is 23.3. The molecule has 1 aromatic rings. The highest BCUT2D eigenvalue weighted by Gasteiger charge is 2.26. The van der Waals surface area contributed by atoms with Gasteiger partial charge in [0.15, 0.2) is 0 Å². The number of carbonyl (C=O) groups is 2. The van der Waals surface area contributed by atoms with Gasteiger partial charge in [-0.05, 0) is 31.4 Å². The Hall–Kier alpha value is -2.36. The quantitative estimate of drug-likeness (QED) is 0.617. The number of para-hydroxylation sites is 1. The third-order valence-electron chi connectivity index (χ3n) is 3.63.